The number of carbonyl (C=O) groups excluding carboxylic acids is 2. The Kier molecular flexibility index (Phi) is 13.5. The number of nitrogens with one attached hydrogen (secondary N) is 3. The Morgan fingerprint density at radius 2 is 1.98 bits per heavy atom. The van der Waals surface area contributed by atoms with Crippen molar-refractivity contribution >= 4 is 46.2 Å². The monoisotopic (exact) mass is 652 g/mol. The Hall–Kier alpha value is -4.45. The van der Waals surface area contributed by atoms with Crippen LogP contribution in [0.4, 0.5) is 15.4 Å². The number of urea groups is 2. The van der Waals surface area contributed by atoms with Gasteiger partial charge >= 0.3 is 12.1 Å². The molecule has 12 heteroatoms. The van der Waals surface area contributed by atoms with Crippen LogP contribution in [0.3, 0.4) is 0 Å². The van der Waals surface area contributed by atoms with Gasteiger partial charge in [0.25, 0.3) is 0 Å². The second-order valence-electron chi connectivity index (χ2n) is 11.2. The third kappa shape index (κ3) is 10.9. The molecule has 1 aliphatic rings. The first-order valence-electron chi connectivity index (χ1n) is 14.1. The van der Waals surface area contributed by atoms with E-state index in [9.17, 15) is 18.9 Å². The third-order valence-electron chi connectivity index (χ3n) is 6.58. The van der Waals surface area contributed by atoms with E-state index in [4.69, 9.17) is 29.5 Å². The summed E-state index contributed by atoms with van der Waals surface area (Å²) >= 11 is 6.17. The average Bonchev–Trinajstić information content (AvgIpc) is 3.31. The van der Waals surface area contributed by atoms with Crippen molar-refractivity contribution in [3.8, 4) is 24.7 Å². The molecule has 10 nitrogen and oxygen atoms in total. The van der Waals surface area contributed by atoms with Crippen LogP contribution in [0, 0.1) is 30.6 Å². The van der Waals surface area contributed by atoms with Gasteiger partial charge in [0.15, 0.2) is 0 Å². The number of aliphatic hydroxyl groups excluding tert-OH is 1. The summed E-state index contributed by atoms with van der Waals surface area (Å²) < 4.78 is 15.3. The average molecular weight is 653 g/mol. The minimum absolute atomic E-state index is 0.0241. The van der Waals surface area contributed by atoms with E-state index in [1.807, 2.05) is 58.1 Å². The molecule has 0 radical (unpaired) electrons. The fourth-order valence-electron chi connectivity index (χ4n) is 4.04. The van der Waals surface area contributed by atoms with Gasteiger partial charge < -0.3 is 10.4 Å². The third-order valence-corrected chi connectivity index (χ3v) is 7.34. The first-order valence-corrected chi connectivity index (χ1v) is 16.0. The van der Waals surface area contributed by atoms with Gasteiger partial charge in [0.05, 0.1) is 17.1 Å². The van der Waals surface area contributed by atoms with Crippen molar-refractivity contribution in [1.82, 2.24) is 24.7 Å². The fraction of sp³-hybridized carbons (Fsp3) is 0.364. The van der Waals surface area contributed by atoms with Crippen LogP contribution in [0.25, 0.3) is 5.70 Å². The van der Waals surface area contributed by atoms with Gasteiger partial charge in [0.1, 0.15) is 22.6 Å². The molecule has 4 amide bonds. The molecule has 240 valence electrons. The van der Waals surface area contributed by atoms with Gasteiger partial charge in [0.2, 0.25) is 0 Å². The molecule has 0 saturated carbocycles. The van der Waals surface area contributed by atoms with E-state index < -0.39 is 23.0 Å². The lowest BCUT2D eigenvalue weighted by Crippen LogP contribution is -2.38. The van der Waals surface area contributed by atoms with E-state index in [1.54, 1.807) is 23.7 Å². The van der Waals surface area contributed by atoms with Crippen molar-refractivity contribution in [2.24, 2.45) is 5.92 Å². The molecule has 1 aromatic rings. The van der Waals surface area contributed by atoms with Gasteiger partial charge in [-0.3, -0.25) is 14.9 Å². The molecule has 2 atom stereocenters. The fourth-order valence-corrected chi connectivity index (χ4v) is 4.58. The maximum Gasteiger partial charge on any atom is 0.327 e. The molecule has 1 aliphatic carbocycles. The van der Waals surface area contributed by atoms with E-state index in [0.29, 0.717) is 39.9 Å². The number of rotatable bonds is 10. The molecule has 0 bridgehead atoms. The van der Waals surface area contributed by atoms with E-state index in [1.165, 1.54) is 18.2 Å². The molecule has 0 fully saturated rings. The number of nitrogens with zero attached hydrogens (tertiary/aromatic N) is 3. The Bertz CT molecular complexity index is 1590. The van der Waals surface area contributed by atoms with Gasteiger partial charge in [0, 0.05) is 60.7 Å². The first kappa shape index (κ1) is 36.7. The van der Waals surface area contributed by atoms with Gasteiger partial charge in [-0.25, -0.2) is 18.5 Å². The highest BCUT2D eigenvalue weighted by atomic mass is 35.5. The minimum atomic E-state index is -1.53. The number of terminal acetylenes is 2. The second kappa shape index (κ2) is 16.6. The summed E-state index contributed by atoms with van der Waals surface area (Å²) in [6.07, 6.45) is 23.8. The van der Waals surface area contributed by atoms with E-state index in [2.05, 4.69) is 27.2 Å². The molecule has 2 unspecified atom stereocenters. The lowest BCUT2D eigenvalue weighted by Gasteiger charge is -2.20. The Labute approximate surface area is 273 Å². The number of carbonyl (C=O) groups is 2. The number of aromatic nitrogens is 2. The molecular formula is C33H41ClN6O4S. The predicted octanol–water partition coefficient (Wildman–Crippen LogP) is 6.10. The number of amides is 4. The Balaban J connectivity index is 2.58. The highest BCUT2D eigenvalue weighted by Crippen LogP contribution is 2.31. The summed E-state index contributed by atoms with van der Waals surface area (Å²) in [7, 11) is -0.000179. The van der Waals surface area contributed by atoms with Crippen LogP contribution in [0.2, 0.25) is 0 Å². The van der Waals surface area contributed by atoms with Crippen LogP contribution in [0.1, 0.15) is 53.2 Å². The van der Waals surface area contributed by atoms with E-state index >= 15 is 0 Å². The summed E-state index contributed by atoms with van der Waals surface area (Å²) in [6.45, 7) is 9.63. The molecule has 1 aromatic heterocycles. The number of hydrogen-bond acceptors (Lipinski definition) is 5. The molecule has 0 aliphatic heterocycles. The van der Waals surface area contributed by atoms with Gasteiger partial charge in [-0.1, -0.05) is 62.6 Å². The first-order chi connectivity index (χ1) is 21.1. The van der Waals surface area contributed by atoms with Crippen molar-refractivity contribution in [2.45, 2.75) is 52.9 Å². The van der Waals surface area contributed by atoms with Crippen LogP contribution >= 0.6 is 11.6 Å². The number of anilines is 1. The molecule has 45 heavy (non-hydrogen) atoms. The van der Waals surface area contributed by atoms with Gasteiger partial charge in [-0.15, -0.1) is 18.8 Å². The van der Waals surface area contributed by atoms with Crippen LogP contribution in [-0.4, -0.2) is 55.9 Å². The quantitative estimate of drug-likeness (QED) is 0.180. The molecule has 2 rings (SSSR count). The normalized spacial score (nSPS) is 16.6. The van der Waals surface area contributed by atoms with E-state index in [0.717, 1.165) is 5.57 Å². The largest absolute Gasteiger partial charge is 0.510 e. The Morgan fingerprint density at radius 3 is 2.56 bits per heavy atom. The van der Waals surface area contributed by atoms with Gasteiger partial charge in [-0.2, -0.15) is 5.10 Å². The number of allylic oxidation sites excluding steroid dienone is 9. The second-order valence-corrected chi connectivity index (χ2v) is 12.8. The van der Waals surface area contributed by atoms with Crippen molar-refractivity contribution < 1.29 is 18.9 Å². The standard InChI is InChI=1S/C33H41ClN6O4S/c1-10-13-15-26(34)19-28(41)22(4)39(8)32(43)36-30-20-29(33(5,6)7)37-40(30)27-17-23(21-35-31(42)38-45(9)44)16-24(12-3)25(18-27)14-11-2/h1,3,11,14-18,20,23,41H,13,19,21H2,2,4-9H3,(H,36,43)(H2,35,38,42)/b14-11-,26-15+,28-22-. The number of hydrogen-bond donors (Lipinski definition) is 4. The zero-order chi connectivity index (χ0) is 33.9. The predicted molar refractivity (Wildman–Crippen MR) is 183 cm³/mol. The summed E-state index contributed by atoms with van der Waals surface area (Å²) in [6, 6.07) is 0.671. The zero-order valence-corrected chi connectivity index (χ0v) is 28.3. The van der Waals surface area contributed by atoms with Crippen molar-refractivity contribution in [3.05, 3.63) is 75.9 Å². The van der Waals surface area contributed by atoms with Crippen LogP contribution in [0.5, 0.6) is 0 Å². The minimum Gasteiger partial charge on any atom is -0.510 e. The van der Waals surface area contributed by atoms with Gasteiger partial charge in [-0.05, 0) is 31.6 Å². The lowest BCUT2D eigenvalue weighted by atomic mass is 9.92. The SMILES string of the molecule is C#CC/C=C(/Cl)C/C(O)=C(\C)N(C)C(=O)Nc1cc(C(C)(C)C)nn1C1=CC(CNC(=O)NS(C)=O)C=C(C#C)C(/C=C\C)=C1. The molecule has 4 N–H and O–H groups in total. The van der Waals surface area contributed by atoms with E-state index in [-0.39, 0.29) is 30.1 Å². The summed E-state index contributed by atoms with van der Waals surface area (Å²) in [5, 5.41) is 21.5. The lowest BCUT2D eigenvalue weighted by molar-refractivity contribution is 0.229. The molecule has 1 heterocycles. The van der Waals surface area contributed by atoms with Crippen LogP contribution in [-0.2, 0) is 16.4 Å². The summed E-state index contributed by atoms with van der Waals surface area (Å²) in [5.41, 5.74) is 2.55. The highest BCUT2D eigenvalue weighted by molar-refractivity contribution is 7.82. The zero-order valence-electron chi connectivity index (χ0n) is 26.7. The topological polar surface area (TPSA) is 129 Å². The number of aliphatic hydroxyl groups is 1. The number of halogens is 1. The maximum atomic E-state index is 13.5. The van der Waals surface area contributed by atoms with Crippen molar-refractivity contribution in [1.29, 1.82) is 0 Å². The van der Waals surface area contributed by atoms with Crippen molar-refractivity contribution in [2.75, 3.05) is 25.2 Å². The summed E-state index contributed by atoms with van der Waals surface area (Å²) in [4.78, 5) is 26.9. The van der Waals surface area contributed by atoms with Crippen LogP contribution < -0.4 is 15.4 Å². The van der Waals surface area contributed by atoms with Crippen molar-refractivity contribution in [3.63, 3.8) is 0 Å². The smallest absolute Gasteiger partial charge is 0.327 e. The highest BCUT2D eigenvalue weighted by Gasteiger charge is 2.25. The Morgan fingerprint density at radius 1 is 1.29 bits per heavy atom. The molecule has 0 aromatic carbocycles. The van der Waals surface area contributed by atoms with Crippen LogP contribution in [0.15, 0.2) is 70.2 Å². The summed E-state index contributed by atoms with van der Waals surface area (Å²) in [5.74, 6) is 5.07. The molecule has 0 spiro atoms. The molecular weight excluding hydrogens is 612 g/mol. The maximum absolute atomic E-state index is 13.5. The molecule has 0 saturated heterocycles.